The van der Waals surface area contributed by atoms with Crippen molar-refractivity contribution in [3.63, 3.8) is 0 Å². The molecule has 2 atom stereocenters. The fourth-order valence-corrected chi connectivity index (χ4v) is 5.33. The predicted octanol–water partition coefficient (Wildman–Crippen LogP) is 7.05. The van der Waals surface area contributed by atoms with E-state index in [-0.39, 0.29) is 17.6 Å². The van der Waals surface area contributed by atoms with Gasteiger partial charge in [0.15, 0.2) is 5.78 Å². The molecule has 4 aromatic carbocycles. The Morgan fingerprint density at radius 1 is 0.739 bits per heavy atom. The summed E-state index contributed by atoms with van der Waals surface area (Å²) < 4.78 is 11.0. The molecule has 1 amide bonds. The van der Waals surface area contributed by atoms with Gasteiger partial charge in [0.05, 0.1) is 13.7 Å². The zero-order chi connectivity index (χ0) is 32.6. The average Bonchev–Trinajstić information content (AvgIpc) is 3.10. The summed E-state index contributed by atoms with van der Waals surface area (Å²) in [6.07, 6.45) is 4.77. The van der Waals surface area contributed by atoms with Crippen LogP contribution in [-0.4, -0.2) is 44.0 Å². The van der Waals surface area contributed by atoms with E-state index >= 15 is 0 Å². The maximum absolute atomic E-state index is 13.2. The van der Waals surface area contributed by atoms with Gasteiger partial charge in [-0.15, -0.1) is 0 Å². The quantitative estimate of drug-likeness (QED) is 0.0704. The van der Waals surface area contributed by atoms with Crippen molar-refractivity contribution >= 4 is 23.3 Å². The minimum atomic E-state index is -0.701. The van der Waals surface area contributed by atoms with Crippen LogP contribution in [-0.2, 0) is 27.2 Å². The van der Waals surface area contributed by atoms with Gasteiger partial charge in [-0.25, -0.2) is 4.79 Å². The van der Waals surface area contributed by atoms with Crippen LogP contribution in [0.15, 0.2) is 109 Å². The molecule has 0 spiro atoms. The molecule has 0 aromatic heterocycles. The number of para-hydroxylation sites is 1. The van der Waals surface area contributed by atoms with E-state index in [2.05, 4.69) is 29.7 Å². The highest BCUT2D eigenvalue weighted by molar-refractivity contribution is 6.12. The first kappa shape index (κ1) is 34.0. The van der Waals surface area contributed by atoms with Crippen molar-refractivity contribution in [2.75, 3.05) is 25.6 Å². The van der Waals surface area contributed by atoms with Gasteiger partial charge in [0.25, 0.3) is 0 Å². The Kier molecular flexibility index (Phi) is 13.4. The third kappa shape index (κ3) is 10.3. The number of nitrogens with one attached hydrogen (secondary N) is 2. The lowest BCUT2D eigenvalue weighted by molar-refractivity contribution is -0.141. The van der Waals surface area contributed by atoms with E-state index in [9.17, 15) is 14.4 Å². The van der Waals surface area contributed by atoms with Crippen molar-refractivity contribution in [2.24, 2.45) is 5.92 Å². The second kappa shape index (κ2) is 18.2. The van der Waals surface area contributed by atoms with Crippen LogP contribution in [0.3, 0.4) is 0 Å². The molecule has 2 N–H and O–H groups in total. The summed E-state index contributed by atoms with van der Waals surface area (Å²) in [7, 11) is 1.35. The number of hydrogen-bond acceptors (Lipinski definition) is 6. The largest absolute Gasteiger partial charge is 0.494 e. The van der Waals surface area contributed by atoms with Crippen LogP contribution >= 0.6 is 0 Å². The summed E-state index contributed by atoms with van der Waals surface area (Å²) in [5.74, 6) is 0.225. The molecule has 0 fully saturated rings. The fraction of sp³-hybridized carbons (Fsp3) is 0.308. The number of unbranched alkanes of at least 4 members (excludes halogenated alkanes) is 1. The van der Waals surface area contributed by atoms with Gasteiger partial charge in [0.1, 0.15) is 11.8 Å². The topological polar surface area (TPSA) is 93.7 Å². The number of benzene rings is 4. The van der Waals surface area contributed by atoms with Gasteiger partial charge in [0.2, 0.25) is 5.91 Å². The van der Waals surface area contributed by atoms with Crippen LogP contribution in [0, 0.1) is 5.92 Å². The number of methoxy groups -OCH3 is 1. The summed E-state index contributed by atoms with van der Waals surface area (Å²) in [5.41, 5.74) is 3.71. The molecule has 0 bridgehead atoms. The first-order valence-corrected chi connectivity index (χ1v) is 16.0. The smallest absolute Gasteiger partial charge is 0.328 e. The molecule has 0 aliphatic heterocycles. The summed E-state index contributed by atoms with van der Waals surface area (Å²) in [5, 5.41) is 6.34. The van der Waals surface area contributed by atoms with Crippen molar-refractivity contribution in [1.82, 2.24) is 5.32 Å². The normalized spacial score (nSPS) is 12.0. The standard InChI is InChI=1S/C39H44N2O5/c1-3-4-16-32(27-29-14-7-5-8-15-29)38(43)40-25-13-26-46-33-23-21-30(22-24-33)28-36(39(44)45-2)41-35-20-12-11-19-34(35)37(42)31-17-9-6-10-18-31/h5-12,14-15,17-24,32,36,41H,3-4,13,16,25-28H2,1-2H3,(H,40,43). The van der Waals surface area contributed by atoms with Crippen LogP contribution in [0.5, 0.6) is 5.75 Å². The molecule has 0 aliphatic rings. The molecule has 4 aromatic rings. The predicted molar refractivity (Wildman–Crippen MR) is 182 cm³/mol. The molecule has 2 unspecified atom stereocenters. The molecular formula is C39H44N2O5. The van der Waals surface area contributed by atoms with Gasteiger partial charge in [-0.05, 0) is 54.7 Å². The number of rotatable bonds is 18. The lowest BCUT2D eigenvalue weighted by Crippen LogP contribution is -2.33. The number of carbonyl (C=O) groups excluding carboxylic acids is 3. The number of anilines is 1. The van der Waals surface area contributed by atoms with Gasteiger partial charge < -0.3 is 20.1 Å². The summed E-state index contributed by atoms with van der Waals surface area (Å²) in [6, 6.07) is 33.3. The Bertz CT molecular complexity index is 1520. The zero-order valence-corrected chi connectivity index (χ0v) is 26.7. The van der Waals surface area contributed by atoms with Crippen molar-refractivity contribution in [3.8, 4) is 5.75 Å². The van der Waals surface area contributed by atoms with Crippen LogP contribution in [0.4, 0.5) is 5.69 Å². The Hall–Kier alpha value is -4.91. The SMILES string of the molecule is CCCCC(Cc1ccccc1)C(=O)NCCCOc1ccc(CC(Nc2ccccc2C(=O)c2ccccc2)C(=O)OC)cc1. The molecule has 0 saturated carbocycles. The number of amides is 1. The Balaban J connectivity index is 1.27. The van der Waals surface area contributed by atoms with E-state index in [0.717, 1.165) is 31.2 Å². The Morgan fingerprint density at radius 3 is 2.09 bits per heavy atom. The van der Waals surface area contributed by atoms with Crippen LogP contribution in [0.25, 0.3) is 0 Å². The summed E-state index contributed by atoms with van der Waals surface area (Å²) in [6.45, 7) is 3.16. The molecule has 240 valence electrons. The van der Waals surface area contributed by atoms with Crippen LogP contribution in [0.1, 0.15) is 59.7 Å². The van der Waals surface area contributed by atoms with Crippen LogP contribution < -0.4 is 15.4 Å². The van der Waals surface area contributed by atoms with Crippen molar-refractivity contribution < 1.29 is 23.9 Å². The molecule has 7 nitrogen and oxygen atoms in total. The minimum absolute atomic E-state index is 0.0306. The highest BCUT2D eigenvalue weighted by atomic mass is 16.5. The lowest BCUT2D eigenvalue weighted by Gasteiger charge is -2.20. The second-order valence-corrected chi connectivity index (χ2v) is 11.3. The zero-order valence-electron chi connectivity index (χ0n) is 26.7. The van der Waals surface area contributed by atoms with E-state index in [1.54, 1.807) is 30.3 Å². The molecule has 0 heterocycles. The number of esters is 1. The molecule has 0 radical (unpaired) electrons. The highest BCUT2D eigenvalue weighted by Crippen LogP contribution is 2.22. The van der Waals surface area contributed by atoms with E-state index in [0.29, 0.717) is 48.6 Å². The number of hydrogen-bond donors (Lipinski definition) is 2. The van der Waals surface area contributed by atoms with Gasteiger partial charge in [0, 0.05) is 35.7 Å². The third-order valence-electron chi connectivity index (χ3n) is 7.88. The van der Waals surface area contributed by atoms with E-state index in [1.807, 2.05) is 66.7 Å². The van der Waals surface area contributed by atoms with Gasteiger partial charge in [-0.3, -0.25) is 9.59 Å². The lowest BCUT2D eigenvalue weighted by atomic mass is 9.93. The van der Waals surface area contributed by atoms with E-state index < -0.39 is 12.0 Å². The van der Waals surface area contributed by atoms with Gasteiger partial charge >= 0.3 is 5.97 Å². The summed E-state index contributed by atoms with van der Waals surface area (Å²) in [4.78, 5) is 38.8. The third-order valence-corrected chi connectivity index (χ3v) is 7.88. The first-order chi connectivity index (χ1) is 22.5. The maximum Gasteiger partial charge on any atom is 0.328 e. The molecular weight excluding hydrogens is 576 g/mol. The highest BCUT2D eigenvalue weighted by Gasteiger charge is 2.23. The maximum atomic E-state index is 13.2. The Labute approximate surface area is 272 Å². The minimum Gasteiger partial charge on any atom is -0.494 e. The van der Waals surface area contributed by atoms with E-state index in [1.165, 1.54) is 12.7 Å². The van der Waals surface area contributed by atoms with Crippen LogP contribution in [0.2, 0.25) is 0 Å². The Morgan fingerprint density at radius 2 is 1.39 bits per heavy atom. The van der Waals surface area contributed by atoms with Gasteiger partial charge in [-0.1, -0.05) is 105 Å². The monoisotopic (exact) mass is 620 g/mol. The molecule has 7 heteroatoms. The molecule has 4 rings (SSSR count). The number of carbonyl (C=O) groups is 3. The summed E-state index contributed by atoms with van der Waals surface area (Å²) >= 11 is 0. The average molecular weight is 621 g/mol. The van der Waals surface area contributed by atoms with Crippen molar-refractivity contribution in [1.29, 1.82) is 0 Å². The van der Waals surface area contributed by atoms with Gasteiger partial charge in [-0.2, -0.15) is 0 Å². The van der Waals surface area contributed by atoms with Crippen molar-refractivity contribution in [2.45, 2.75) is 51.5 Å². The number of ketones is 1. The second-order valence-electron chi connectivity index (χ2n) is 11.3. The van der Waals surface area contributed by atoms with Crippen molar-refractivity contribution in [3.05, 3.63) is 131 Å². The number of ether oxygens (including phenoxy) is 2. The molecule has 0 aliphatic carbocycles. The first-order valence-electron chi connectivity index (χ1n) is 16.0. The molecule has 0 saturated heterocycles. The molecule has 46 heavy (non-hydrogen) atoms. The van der Waals surface area contributed by atoms with E-state index in [4.69, 9.17) is 9.47 Å². The fourth-order valence-electron chi connectivity index (χ4n) is 5.33.